The summed E-state index contributed by atoms with van der Waals surface area (Å²) in [5.41, 5.74) is 2.48. The third-order valence-corrected chi connectivity index (χ3v) is 5.86. The minimum atomic E-state index is -3.71. The number of anilines is 2. The van der Waals surface area contributed by atoms with Crippen LogP contribution in [0.2, 0.25) is 5.02 Å². The summed E-state index contributed by atoms with van der Waals surface area (Å²) in [5.74, 6) is -0.932. The van der Waals surface area contributed by atoms with Gasteiger partial charge in [0.15, 0.2) is 0 Å². The van der Waals surface area contributed by atoms with Crippen molar-refractivity contribution in [1.29, 1.82) is 0 Å². The molecule has 0 aliphatic heterocycles. The Labute approximate surface area is 180 Å². The molecule has 0 atom stereocenters. The lowest BCUT2D eigenvalue weighted by Gasteiger charge is -2.23. The molecule has 5 nitrogen and oxygen atoms in total. The number of rotatable bonds is 6. The number of carbonyl (C=O) groups is 1. The molecule has 30 heavy (non-hydrogen) atoms. The molecule has 156 valence electrons. The maximum atomic E-state index is 14.1. The van der Waals surface area contributed by atoms with E-state index in [2.05, 4.69) is 5.32 Å². The van der Waals surface area contributed by atoms with Crippen LogP contribution < -0.4 is 9.62 Å². The highest BCUT2D eigenvalue weighted by molar-refractivity contribution is 7.92. The summed E-state index contributed by atoms with van der Waals surface area (Å²) in [6.45, 7) is 1.78. The van der Waals surface area contributed by atoms with E-state index in [1.54, 1.807) is 48.5 Å². The Bertz CT molecular complexity index is 1180. The van der Waals surface area contributed by atoms with Gasteiger partial charge in [-0.25, -0.2) is 12.8 Å². The molecule has 0 saturated heterocycles. The maximum absolute atomic E-state index is 14.1. The Kier molecular flexibility index (Phi) is 6.43. The molecule has 0 spiro atoms. The van der Waals surface area contributed by atoms with Gasteiger partial charge in [-0.05, 0) is 60.5 Å². The highest BCUT2D eigenvalue weighted by Gasteiger charge is 2.21. The van der Waals surface area contributed by atoms with Gasteiger partial charge in [0.25, 0.3) is 5.91 Å². The van der Waals surface area contributed by atoms with E-state index in [-0.39, 0.29) is 18.1 Å². The van der Waals surface area contributed by atoms with Gasteiger partial charge in [-0.2, -0.15) is 0 Å². The predicted octanol–water partition coefficient (Wildman–Crippen LogP) is 5.01. The van der Waals surface area contributed by atoms with Gasteiger partial charge in [0.2, 0.25) is 10.0 Å². The van der Waals surface area contributed by atoms with Crippen LogP contribution in [0.4, 0.5) is 15.8 Å². The van der Waals surface area contributed by atoms with Crippen molar-refractivity contribution in [3.05, 3.63) is 94.3 Å². The lowest BCUT2D eigenvalue weighted by atomic mass is 10.1. The monoisotopic (exact) mass is 446 g/mol. The van der Waals surface area contributed by atoms with Crippen LogP contribution in [0.15, 0.2) is 66.7 Å². The van der Waals surface area contributed by atoms with Crippen molar-refractivity contribution in [3.8, 4) is 0 Å². The fraction of sp³-hybridized carbons (Fsp3) is 0.136. The average Bonchev–Trinajstić information content (AvgIpc) is 2.68. The van der Waals surface area contributed by atoms with Crippen molar-refractivity contribution in [2.75, 3.05) is 15.9 Å². The Morgan fingerprint density at radius 1 is 1.07 bits per heavy atom. The first kappa shape index (κ1) is 21.8. The molecular formula is C22H20ClFN2O3S. The second-order valence-electron chi connectivity index (χ2n) is 6.83. The zero-order valence-electron chi connectivity index (χ0n) is 16.4. The molecule has 0 aromatic heterocycles. The fourth-order valence-electron chi connectivity index (χ4n) is 2.92. The van der Waals surface area contributed by atoms with Gasteiger partial charge in [0.05, 0.1) is 18.5 Å². The smallest absolute Gasteiger partial charge is 0.255 e. The predicted molar refractivity (Wildman–Crippen MR) is 118 cm³/mol. The first-order valence-electron chi connectivity index (χ1n) is 9.04. The summed E-state index contributed by atoms with van der Waals surface area (Å²) in [7, 11) is -3.71. The summed E-state index contributed by atoms with van der Waals surface area (Å²) in [5, 5.41) is 3.40. The molecule has 3 aromatic rings. The quantitative estimate of drug-likeness (QED) is 0.579. The number of carbonyl (C=O) groups excluding carboxylic acids is 1. The Hall–Kier alpha value is -2.90. The van der Waals surface area contributed by atoms with Crippen molar-refractivity contribution in [1.82, 2.24) is 0 Å². The van der Waals surface area contributed by atoms with Crippen molar-refractivity contribution in [2.45, 2.75) is 13.5 Å². The van der Waals surface area contributed by atoms with Crippen LogP contribution in [0, 0.1) is 12.7 Å². The number of nitrogens with one attached hydrogen (secondary N) is 1. The average molecular weight is 447 g/mol. The van der Waals surface area contributed by atoms with E-state index in [9.17, 15) is 17.6 Å². The van der Waals surface area contributed by atoms with E-state index < -0.39 is 15.8 Å². The van der Waals surface area contributed by atoms with Crippen molar-refractivity contribution in [3.63, 3.8) is 0 Å². The van der Waals surface area contributed by atoms with E-state index in [1.165, 1.54) is 18.2 Å². The molecule has 0 radical (unpaired) electrons. The summed E-state index contributed by atoms with van der Waals surface area (Å²) in [6.07, 6.45) is 1.02. The molecule has 1 N–H and O–H groups in total. The van der Waals surface area contributed by atoms with Crippen LogP contribution in [0.5, 0.6) is 0 Å². The molecule has 3 aromatic carbocycles. The second kappa shape index (κ2) is 8.85. The third kappa shape index (κ3) is 5.17. The highest BCUT2D eigenvalue weighted by Crippen LogP contribution is 2.24. The molecule has 0 aliphatic rings. The van der Waals surface area contributed by atoms with Crippen molar-refractivity contribution >= 4 is 38.9 Å². The molecule has 8 heteroatoms. The van der Waals surface area contributed by atoms with Crippen molar-refractivity contribution in [2.24, 2.45) is 0 Å². The number of aryl methyl sites for hydroxylation is 1. The molecule has 1 amide bonds. The zero-order chi connectivity index (χ0) is 21.9. The molecule has 0 fully saturated rings. The van der Waals surface area contributed by atoms with Gasteiger partial charge in [-0.15, -0.1) is 0 Å². The number of hydrogen-bond donors (Lipinski definition) is 1. The number of para-hydroxylation sites is 1. The van der Waals surface area contributed by atoms with Gasteiger partial charge in [0, 0.05) is 16.3 Å². The number of benzene rings is 3. The SMILES string of the molecule is Cc1cc(Cl)ccc1NC(=O)c1ccc(CN(c2ccccc2F)S(C)(=O)=O)cc1. The molecule has 0 bridgehead atoms. The summed E-state index contributed by atoms with van der Waals surface area (Å²) < 4.78 is 39.6. The molecule has 0 saturated carbocycles. The Morgan fingerprint density at radius 2 is 1.73 bits per heavy atom. The van der Waals surface area contributed by atoms with E-state index in [4.69, 9.17) is 11.6 Å². The summed E-state index contributed by atoms with van der Waals surface area (Å²) in [6, 6.07) is 17.3. The number of hydrogen-bond acceptors (Lipinski definition) is 3. The number of amides is 1. The first-order valence-corrected chi connectivity index (χ1v) is 11.3. The molecule has 0 unspecified atom stereocenters. The molecule has 3 rings (SSSR count). The van der Waals surface area contributed by atoms with Gasteiger partial charge in [0.1, 0.15) is 5.82 Å². The minimum Gasteiger partial charge on any atom is -0.322 e. The number of sulfonamides is 1. The molecular weight excluding hydrogens is 427 g/mol. The number of halogens is 2. The topological polar surface area (TPSA) is 66.5 Å². The largest absolute Gasteiger partial charge is 0.322 e. The van der Waals surface area contributed by atoms with Crippen LogP contribution in [0.25, 0.3) is 0 Å². The third-order valence-electron chi connectivity index (χ3n) is 4.50. The summed E-state index contributed by atoms with van der Waals surface area (Å²) >= 11 is 5.93. The van der Waals surface area contributed by atoms with E-state index in [0.717, 1.165) is 16.1 Å². The Morgan fingerprint density at radius 3 is 2.33 bits per heavy atom. The van der Waals surface area contributed by atoms with Crippen LogP contribution in [0.1, 0.15) is 21.5 Å². The second-order valence-corrected chi connectivity index (χ2v) is 9.17. The van der Waals surface area contributed by atoms with Gasteiger partial charge in [-0.3, -0.25) is 9.10 Å². The lowest BCUT2D eigenvalue weighted by molar-refractivity contribution is 0.102. The first-order chi connectivity index (χ1) is 14.1. The maximum Gasteiger partial charge on any atom is 0.255 e. The van der Waals surface area contributed by atoms with E-state index >= 15 is 0 Å². The van der Waals surface area contributed by atoms with Crippen molar-refractivity contribution < 1.29 is 17.6 Å². The summed E-state index contributed by atoms with van der Waals surface area (Å²) in [4.78, 5) is 12.5. The van der Waals surface area contributed by atoms with Crippen LogP contribution >= 0.6 is 11.6 Å². The molecule has 0 heterocycles. The normalized spacial score (nSPS) is 11.2. The van der Waals surface area contributed by atoms with Gasteiger partial charge in [-0.1, -0.05) is 35.9 Å². The standard InChI is InChI=1S/C22H20ClFN2O3S/c1-15-13-18(23)11-12-20(15)25-22(27)17-9-7-16(8-10-17)14-26(30(2,28)29)21-6-4-3-5-19(21)24/h3-13H,14H2,1-2H3,(H,25,27). The number of nitrogens with zero attached hydrogens (tertiary/aromatic N) is 1. The molecule has 0 aliphatic carbocycles. The zero-order valence-corrected chi connectivity index (χ0v) is 18.0. The van der Waals surface area contributed by atoms with Crippen LogP contribution in [-0.4, -0.2) is 20.6 Å². The fourth-order valence-corrected chi connectivity index (χ4v) is 4.04. The highest BCUT2D eigenvalue weighted by atomic mass is 35.5. The van der Waals surface area contributed by atoms with Gasteiger partial charge >= 0.3 is 0 Å². The Balaban J connectivity index is 1.79. The van der Waals surface area contributed by atoms with Crippen LogP contribution in [0.3, 0.4) is 0 Å². The van der Waals surface area contributed by atoms with Crippen LogP contribution in [-0.2, 0) is 16.6 Å². The minimum absolute atomic E-state index is 0.0277. The lowest BCUT2D eigenvalue weighted by Crippen LogP contribution is -2.30. The van der Waals surface area contributed by atoms with E-state index in [1.807, 2.05) is 6.92 Å². The van der Waals surface area contributed by atoms with Gasteiger partial charge < -0.3 is 5.32 Å². The van der Waals surface area contributed by atoms with E-state index in [0.29, 0.717) is 21.8 Å².